The summed E-state index contributed by atoms with van der Waals surface area (Å²) in [6.07, 6.45) is 5.13. The highest BCUT2D eigenvalue weighted by atomic mass is 35.5. The number of nitrogens with zero attached hydrogens (tertiary/aromatic N) is 5. The molecule has 1 aromatic carbocycles. The van der Waals surface area contributed by atoms with Gasteiger partial charge in [0.05, 0.1) is 18.4 Å². The Bertz CT molecular complexity index is 887. The Morgan fingerprint density at radius 2 is 2.04 bits per heavy atom. The van der Waals surface area contributed by atoms with Gasteiger partial charge in [-0.15, -0.1) is 0 Å². The minimum absolute atomic E-state index is 0.0450. The Labute approximate surface area is 150 Å². The number of hydrogen-bond donors (Lipinski definition) is 0. The van der Waals surface area contributed by atoms with E-state index >= 15 is 0 Å². The molecule has 25 heavy (non-hydrogen) atoms. The van der Waals surface area contributed by atoms with Crippen LogP contribution in [0.5, 0.6) is 0 Å². The van der Waals surface area contributed by atoms with Crippen molar-refractivity contribution >= 4 is 29.3 Å². The van der Waals surface area contributed by atoms with E-state index in [0.717, 1.165) is 30.2 Å². The molecule has 2 aromatic rings. The summed E-state index contributed by atoms with van der Waals surface area (Å²) in [5, 5.41) is 0.706. The Balaban J connectivity index is 1.56. The SMILES string of the molecule is CN1C(=O)c2c(ncn2Cc2ccc(Cl)cc2)N2C1=N[C@H]1CCC[C@H]12. The molecular formula is C18H18ClN5O. The number of benzene rings is 1. The van der Waals surface area contributed by atoms with E-state index in [-0.39, 0.29) is 11.9 Å². The minimum Gasteiger partial charge on any atom is -0.320 e. The monoisotopic (exact) mass is 355 g/mol. The lowest BCUT2D eigenvalue weighted by Gasteiger charge is -2.34. The first-order valence-electron chi connectivity index (χ1n) is 8.58. The van der Waals surface area contributed by atoms with Gasteiger partial charge in [-0.1, -0.05) is 23.7 Å². The van der Waals surface area contributed by atoms with E-state index in [0.29, 0.717) is 23.3 Å². The summed E-state index contributed by atoms with van der Waals surface area (Å²) in [5.41, 5.74) is 1.73. The van der Waals surface area contributed by atoms with E-state index in [1.165, 1.54) is 6.42 Å². The molecule has 0 unspecified atom stereocenters. The lowest BCUT2D eigenvalue weighted by atomic mass is 10.1. The van der Waals surface area contributed by atoms with Gasteiger partial charge in [0.15, 0.2) is 11.5 Å². The number of amides is 1. The molecular weight excluding hydrogens is 338 g/mol. The summed E-state index contributed by atoms with van der Waals surface area (Å²) in [6, 6.07) is 8.30. The molecule has 2 atom stereocenters. The molecule has 1 amide bonds. The van der Waals surface area contributed by atoms with Crippen molar-refractivity contribution in [1.82, 2.24) is 14.5 Å². The van der Waals surface area contributed by atoms with Crippen LogP contribution >= 0.6 is 11.6 Å². The number of anilines is 1. The summed E-state index contributed by atoms with van der Waals surface area (Å²) >= 11 is 5.96. The first-order chi connectivity index (χ1) is 12.1. The maximum atomic E-state index is 12.9. The van der Waals surface area contributed by atoms with Crippen molar-refractivity contribution in [3.05, 3.63) is 46.9 Å². The Morgan fingerprint density at radius 3 is 2.84 bits per heavy atom. The molecule has 128 valence electrons. The van der Waals surface area contributed by atoms with E-state index in [9.17, 15) is 4.79 Å². The van der Waals surface area contributed by atoms with Gasteiger partial charge in [-0.3, -0.25) is 14.6 Å². The number of imidazole rings is 1. The van der Waals surface area contributed by atoms with Crippen LogP contribution in [0, 0.1) is 0 Å². The smallest absolute Gasteiger partial charge is 0.280 e. The molecule has 1 aliphatic carbocycles. The van der Waals surface area contributed by atoms with Crippen LogP contribution in [-0.4, -0.2) is 45.4 Å². The van der Waals surface area contributed by atoms with Crippen molar-refractivity contribution in [3.8, 4) is 0 Å². The normalized spacial score (nSPS) is 24.2. The number of carbonyl (C=O) groups is 1. The number of fused-ring (bicyclic) bond motifs is 5. The first kappa shape index (κ1) is 15.0. The highest BCUT2D eigenvalue weighted by Crippen LogP contribution is 2.39. The fraction of sp³-hybridized carbons (Fsp3) is 0.389. The van der Waals surface area contributed by atoms with Crippen LogP contribution in [0.2, 0.25) is 5.02 Å². The predicted molar refractivity (Wildman–Crippen MR) is 96.2 cm³/mol. The second-order valence-corrected chi connectivity index (χ2v) is 7.34. The van der Waals surface area contributed by atoms with Gasteiger partial charge in [0.2, 0.25) is 5.96 Å². The highest BCUT2D eigenvalue weighted by Gasteiger charge is 2.48. The van der Waals surface area contributed by atoms with Crippen molar-refractivity contribution < 1.29 is 4.79 Å². The molecule has 3 aliphatic rings. The molecule has 5 rings (SSSR count). The fourth-order valence-electron chi connectivity index (χ4n) is 4.15. The van der Waals surface area contributed by atoms with E-state index in [2.05, 4.69) is 9.88 Å². The third kappa shape index (κ3) is 2.13. The quantitative estimate of drug-likeness (QED) is 0.832. The molecule has 3 heterocycles. The zero-order chi connectivity index (χ0) is 17.1. The third-order valence-corrected chi connectivity index (χ3v) is 5.64. The molecule has 0 spiro atoms. The van der Waals surface area contributed by atoms with E-state index < -0.39 is 0 Å². The first-order valence-corrected chi connectivity index (χ1v) is 8.96. The molecule has 0 N–H and O–H groups in total. The molecule has 7 heteroatoms. The number of aliphatic imine (C=N–C) groups is 1. The molecule has 2 aliphatic heterocycles. The molecule has 1 fully saturated rings. The average molecular weight is 356 g/mol. The molecule has 1 aromatic heterocycles. The van der Waals surface area contributed by atoms with Gasteiger partial charge in [0.1, 0.15) is 0 Å². The number of carbonyl (C=O) groups excluding carboxylic acids is 1. The van der Waals surface area contributed by atoms with Gasteiger partial charge >= 0.3 is 0 Å². The second-order valence-electron chi connectivity index (χ2n) is 6.90. The van der Waals surface area contributed by atoms with Crippen LogP contribution in [0.15, 0.2) is 35.6 Å². The van der Waals surface area contributed by atoms with Gasteiger partial charge in [-0.05, 0) is 37.0 Å². The lowest BCUT2D eigenvalue weighted by molar-refractivity contribution is 0.0855. The average Bonchev–Trinajstić information content (AvgIpc) is 3.29. The van der Waals surface area contributed by atoms with Crippen molar-refractivity contribution in [2.45, 2.75) is 37.9 Å². The number of hydrogen-bond acceptors (Lipinski definition) is 4. The highest BCUT2D eigenvalue weighted by molar-refractivity contribution is 6.30. The van der Waals surface area contributed by atoms with Crippen LogP contribution in [-0.2, 0) is 6.54 Å². The molecule has 1 saturated carbocycles. The molecule has 0 saturated heterocycles. The Kier molecular flexibility index (Phi) is 3.19. The number of rotatable bonds is 2. The van der Waals surface area contributed by atoms with Crippen LogP contribution in [0.25, 0.3) is 0 Å². The summed E-state index contributed by atoms with van der Waals surface area (Å²) < 4.78 is 1.93. The van der Waals surface area contributed by atoms with Gasteiger partial charge in [0.25, 0.3) is 5.91 Å². The topological polar surface area (TPSA) is 53.7 Å². The lowest BCUT2D eigenvalue weighted by Crippen LogP contribution is -2.51. The van der Waals surface area contributed by atoms with Gasteiger partial charge in [-0.25, -0.2) is 9.98 Å². The largest absolute Gasteiger partial charge is 0.320 e. The fourth-order valence-corrected chi connectivity index (χ4v) is 4.28. The van der Waals surface area contributed by atoms with Crippen LogP contribution < -0.4 is 4.90 Å². The van der Waals surface area contributed by atoms with Gasteiger partial charge < -0.3 is 4.57 Å². The van der Waals surface area contributed by atoms with Crippen LogP contribution in [0.3, 0.4) is 0 Å². The van der Waals surface area contributed by atoms with Gasteiger partial charge in [-0.2, -0.15) is 0 Å². The minimum atomic E-state index is -0.0450. The van der Waals surface area contributed by atoms with Crippen LogP contribution in [0.4, 0.5) is 5.82 Å². The van der Waals surface area contributed by atoms with E-state index in [1.807, 2.05) is 28.8 Å². The Morgan fingerprint density at radius 1 is 1.24 bits per heavy atom. The number of aromatic nitrogens is 2. The zero-order valence-corrected chi connectivity index (χ0v) is 14.6. The Hall–Kier alpha value is -2.34. The predicted octanol–water partition coefficient (Wildman–Crippen LogP) is 2.77. The molecule has 6 nitrogen and oxygen atoms in total. The van der Waals surface area contributed by atoms with E-state index in [1.54, 1.807) is 18.3 Å². The maximum Gasteiger partial charge on any atom is 0.280 e. The maximum absolute atomic E-state index is 12.9. The summed E-state index contributed by atoms with van der Waals surface area (Å²) in [5.74, 6) is 1.46. The third-order valence-electron chi connectivity index (χ3n) is 5.39. The van der Waals surface area contributed by atoms with Gasteiger partial charge in [0, 0.05) is 18.6 Å². The van der Waals surface area contributed by atoms with E-state index in [4.69, 9.17) is 16.6 Å². The van der Waals surface area contributed by atoms with Crippen molar-refractivity contribution in [2.75, 3.05) is 11.9 Å². The van der Waals surface area contributed by atoms with Crippen molar-refractivity contribution in [3.63, 3.8) is 0 Å². The van der Waals surface area contributed by atoms with Crippen molar-refractivity contribution in [1.29, 1.82) is 0 Å². The molecule has 0 bridgehead atoms. The number of halogens is 1. The zero-order valence-electron chi connectivity index (χ0n) is 13.9. The van der Waals surface area contributed by atoms with Crippen molar-refractivity contribution in [2.24, 2.45) is 4.99 Å². The second kappa shape index (κ2) is 5.33. The summed E-state index contributed by atoms with van der Waals surface area (Å²) in [4.78, 5) is 26.2. The summed E-state index contributed by atoms with van der Waals surface area (Å²) in [7, 11) is 1.80. The van der Waals surface area contributed by atoms with Crippen LogP contribution in [0.1, 0.15) is 35.3 Å². The standard InChI is InChI=1S/C18H18ClN5O/c1-22-17(25)15-16(24-14-4-2-3-13(14)21-18(22)24)20-10-23(15)9-11-5-7-12(19)8-6-11/h5-8,10,13-14H,2-4,9H2,1H3/t13-,14+/m0/s1. The number of guanidine groups is 1. The molecule has 0 radical (unpaired) electrons. The summed E-state index contributed by atoms with van der Waals surface area (Å²) in [6.45, 7) is 0.591.